The Balaban J connectivity index is 2.14. The molecular formula is C14H26N4O2. The molecule has 1 aliphatic carbocycles. The fraction of sp³-hybridized carbons (Fsp3) is 0.857. The summed E-state index contributed by atoms with van der Waals surface area (Å²) in [4.78, 5) is 14.8. The SMILES string of the molecule is CN1CCC(NC(=O)C2(C)CCCC2)(C(N)=NO)CC1. The Morgan fingerprint density at radius 3 is 2.30 bits per heavy atom. The zero-order valence-corrected chi connectivity index (χ0v) is 12.5. The van der Waals surface area contributed by atoms with Crippen LogP contribution < -0.4 is 11.1 Å². The highest BCUT2D eigenvalue weighted by atomic mass is 16.4. The molecule has 0 aromatic carbocycles. The molecule has 1 saturated heterocycles. The average Bonchev–Trinajstić information content (AvgIpc) is 2.89. The molecule has 20 heavy (non-hydrogen) atoms. The first kappa shape index (κ1) is 15.1. The Kier molecular flexibility index (Phi) is 4.22. The zero-order valence-electron chi connectivity index (χ0n) is 12.5. The van der Waals surface area contributed by atoms with Crippen LogP contribution in [0.1, 0.15) is 45.4 Å². The van der Waals surface area contributed by atoms with Crippen LogP contribution in [0.15, 0.2) is 5.16 Å². The second-order valence-corrected chi connectivity index (χ2v) is 6.59. The van der Waals surface area contributed by atoms with Gasteiger partial charge in [-0.1, -0.05) is 24.9 Å². The van der Waals surface area contributed by atoms with Crippen LogP contribution in [0.4, 0.5) is 0 Å². The number of amides is 1. The Morgan fingerprint density at radius 1 is 1.25 bits per heavy atom. The largest absolute Gasteiger partial charge is 0.409 e. The van der Waals surface area contributed by atoms with Crippen molar-refractivity contribution in [2.24, 2.45) is 16.3 Å². The topological polar surface area (TPSA) is 91.0 Å². The van der Waals surface area contributed by atoms with E-state index in [1.165, 1.54) is 0 Å². The Hall–Kier alpha value is -1.30. The van der Waals surface area contributed by atoms with Crippen molar-refractivity contribution in [1.82, 2.24) is 10.2 Å². The number of oxime groups is 1. The van der Waals surface area contributed by atoms with Gasteiger partial charge >= 0.3 is 0 Å². The molecule has 0 aromatic rings. The Morgan fingerprint density at radius 2 is 1.80 bits per heavy atom. The van der Waals surface area contributed by atoms with Crippen LogP contribution in [-0.2, 0) is 4.79 Å². The number of amidine groups is 1. The molecule has 1 amide bonds. The number of hydrogen-bond donors (Lipinski definition) is 3. The molecule has 0 radical (unpaired) electrons. The first-order valence-corrected chi connectivity index (χ1v) is 7.41. The molecule has 6 nitrogen and oxygen atoms in total. The van der Waals surface area contributed by atoms with Crippen molar-refractivity contribution in [2.75, 3.05) is 20.1 Å². The molecule has 0 spiro atoms. The van der Waals surface area contributed by atoms with Crippen LogP contribution in [0.25, 0.3) is 0 Å². The van der Waals surface area contributed by atoms with E-state index >= 15 is 0 Å². The Bertz CT molecular complexity index is 394. The van der Waals surface area contributed by atoms with Crippen LogP contribution >= 0.6 is 0 Å². The molecule has 0 aromatic heterocycles. The monoisotopic (exact) mass is 282 g/mol. The first-order chi connectivity index (χ1) is 9.42. The smallest absolute Gasteiger partial charge is 0.226 e. The highest BCUT2D eigenvalue weighted by Crippen LogP contribution is 2.38. The highest BCUT2D eigenvalue weighted by molar-refractivity contribution is 5.95. The number of nitrogens with two attached hydrogens (primary N) is 1. The number of piperidine rings is 1. The number of carbonyl (C=O) groups is 1. The molecule has 1 heterocycles. The molecule has 2 rings (SSSR count). The molecule has 6 heteroatoms. The minimum atomic E-state index is -0.691. The third kappa shape index (κ3) is 2.75. The maximum atomic E-state index is 12.6. The molecule has 2 fully saturated rings. The van der Waals surface area contributed by atoms with Gasteiger partial charge in [-0.15, -0.1) is 0 Å². The number of rotatable bonds is 3. The summed E-state index contributed by atoms with van der Waals surface area (Å²) in [6.07, 6.45) is 5.41. The second kappa shape index (κ2) is 5.60. The fourth-order valence-electron chi connectivity index (χ4n) is 3.29. The van der Waals surface area contributed by atoms with E-state index in [9.17, 15) is 4.79 Å². The van der Waals surface area contributed by atoms with E-state index in [0.29, 0.717) is 12.8 Å². The van der Waals surface area contributed by atoms with Gasteiger partial charge in [0.25, 0.3) is 0 Å². The number of carbonyl (C=O) groups excluding carboxylic acids is 1. The molecule has 114 valence electrons. The summed E-state index contributed by atoms with van der Waals surface area (Å²) in [6.45, 7) is 3.67. The van der Waals surface area contributed by atoms with Crippen molar-refractivity contribution < 1.29 is 10.0 Å². The minimum Gasteiger partial charge on any atom is -0.409 e. The van der Waals surface area contributed by atoms with E-state index in [-0.39, 0.29) is 17.2 Å². The van der Waals surface area contributed by atoms with Crippen molar-refractivity contribution in [3.05, 3.63) is 0 Å². The molecule has 0 unspecified atom stereocenters. The lowest BCUT2D eigenvalue weighted by atomic mass is 9.82. The molecule has 1 saturated carbocycles. The maximum Gasteiger partial charge on any atom is 0.226 e. The summed E-state index contributed by atoms with van der Waals surface area (Å²) in [7, 11) is 2.04. The summed E-state index contributed by atoms with van der Waals surface area (Å²) in [5, 5.41) is 15.3. The van der Waals surface area contributed by atoms with Gasteiger partial charge in [0.15, 0.2) is 5.84 Å². The summed E-state index contributed by atoms with van der Waals surface area (Å²) < 4.78 is 0. The van der Waals surface area contributed by atoms with Crippen molar-refractivity contribution in [3.8, 4) is 0 Å². The summed E-state index contributed by atoms with van der Waals surface area (Å²) >= 11 is 0. The van der Waals surface area contributed by atoms with Crippen molar-refractivity contribution in [1.29, 1.82) is 0 Å². The molecule has 1 aliphatic heterocycles. The third-order valence-corrected chi connectivity index (χ3v) is 5.05. The van der Waals surface area contributed by atoms with Gasteiger partial charge in [0.05, 0.1) is 0 Å². The lowest BCUT2D eigenvalue weighted by molar-refractivity contribution is -0.131. The number of nitrogens with one attached hydrogen (secondary N) is 1. The van der Waals surface area contributed by atoms with Gasteiger partial charge in [-0.05, 0) is 32.7 Å². The quantitative estimate of drug-likeness (QED) is 0.310. The van der Waals surface area contributed by atoms with E-state index in [0.717, 1.165) is 38.8 Å². The van der Waals surface area contributed by atoms with Gasteiger partial charge in [0.1, 0.15) is 5.54 Å². The predicted octanol–water partition coefficient (Wildman–Crippen LogP) is 0.894. The number of likely N-dealkylation sites (tertiary alicyclic amines) is 1. The highest BCUT2D eigenvalue weighted by Gasteiger charge is 2.44. The fourth-order valence-corrected chi connectivity index (χ4v) is 3.29. The van der Waals surface area contributed by atoms with E-state index in [4.69, 9.17) is 10.9 Å². The van der Waals surface area contributed by atoms with Gasteiger partial charge in [-0.25, -0.2) is 0 Å². The Labute approximate surface area is 120 Å². The minimum absolute atomic E-state index is 0.0474. The van der Waals surface area contributed by atoms with Gasteiger partial charge in [-0.3, -0.25) is 4.79 Å². The van der Waals surface area contributed by atoms with Gasteiger partial charge in [0.2, 0.25) is 5.91 Å². The van der Waals surface area contributed by atoms with Gasteiger partial charge < -0.3 is 21.2 Å². The normalized spacial score (nSPS) is 26.4. The maximum absolute atomic E-state index is 12.6. The van der Waals surface area contributed by atoms with E-state index < -0.39 is 5.54 Å². The standard InChI is InChI=1S/C14H26N4O2/c1-13(5-3-4-6-13)12(19)16-14(11(15)17-20)7-9-18(2)10-8-14/h20H,3-10H2,1-2H3,(H2,15,17)(H,16,19). The zero-order chi connectivity index (χ0) is 14.8. The first-order valence-electron chi connectivity index (χ1n) is 7.41. The van der Waals surface area contributed by atoms with E-state index in [1.807, 2.05) is 14.0 Å². The van der Waals surface area contributed by atoms with Gasteiger partial charge in [0, 0.05) is 18.5 Å². The van der Waals surface area contributed by atoms with Crippen LogP contribution in [0, 0.1) is 5.41 Å². The predicted molar refractivity (Wildman–Crippen MR) is 77.6 cm³/mol. The number of nitrogens with zero attached hydrogens (tertiary/aromatic N) is 2. The number of hydrogen-bond acceptors (Lipinski definition) is 4. The van der Waals surface area contributed by atoms with Crippen LogP contribution in [0.3, 0.4) is 0 Å². The van der Waals surface area contributed by atoms with Gasteiger partial charge in [-0.2, -0.15) is 0 Å². The molecular weight excluding hydrogens is 256 g/mol. The summed E-state index contributed by atoms with van der Waals surface area (Å²) in [6, 6.07) is 0. The molecule has 2 aliphatic rings. The summed E-state index contributed by atoms with van der Waals surface area (Å²) in [5.74, 6) is 0.173. The van der Waals surface area contributed by atoms with Crippen LogP contribution in [0.2, 0.25) is 0 Å². The van der Waals surface area contributed by atoms with Crippen molar-refractivity contribution >= 4 is 11.7 Å². The van der Waals surface area contributed by atoms with Crippen LogP contribution in [-0.4, -0.2) is 47.5 Å². The molecule has 0 atom stereocenters. The average molecular weight is 282 g/mol. The lowest BCUT2D eigenvalue weighted by Gasteiger charge is -2.41. The summed E-state index contributed by atoms with van der Waals surface area (Å²) in [5.41, 5.74) is 4.89. The lowest BCUT2D eigenvalue weighted by Crippen LogP contribution is -2.63. The molecule has 0 bridgehead atoms. The van der Waals surface area contributed by atoms with Crippen molar-refractivity contribution in [3.63, 3.8) is 0 Å². The van der Waals surface area contributed by atoms with E-state index in [2.05, 4.69) is 15.4 Å². The van der Waals surface area contributed by atoms with Crippen LogP contribution in [0.5, 0.6) is 0 Å². The van der Waals surface area contributed by atoms with E-state index in [1.54, 1.807) is 0 Å². The second-order valence-electron chi connectivity index (χ2n) is 6.59. The molecule has 4 N–H and O–H groups in total. The van der Waals surface area contributed by atoms with Crippen molar-refractivity contribution in [2.45, 2.75) is 51.0 Å². The third-order valence-electron chi connectivity index (χ3n) is 5.05.